The highest BCUT2D eigenvalue weighted by molar-refractivity contribution is 7.12. The molecular weight excluding hydrogens is 353 g/mol. The maximum Gasteiger partial charge on any atom is 0.433 e. The lowest BCUT2D eigenvalue weighted by Gasteiger charge is -2.35. The summed E-state index contributed by atoms with van der Waals surface area (Å²) in [6.07, 6.45) is -4.50. The average Bonchev–Trinajstić information content (AvgIpc) is 2.99. The predicted molar refractivity (Wildman–Crippen MR) is 88.9 cm³/mol. The van der Waals surface area contributed by atoms with Crippen molar-refractivity contribution in [3.05, 3.63) is 39.5 Å². The summed E-state index contributed by atoms with van der Waals surface area (Å²) in [6, 6.07) is 2.87. The van der Waals surface area contributed by atoms with Crippen molar-refractivity contribution in [2.24, 2.45) is 0 Å². The summed E-state index contributed by atoms with van der Waals surface area (Å²) >= 11 is 1.40. The largest absolute Gasteiger partial charge is 0.433 e. The standard InChI is InChI=1S/C16H17F3N4OS/c1-10-3-8-25-14(10)15(24)23-6-4-22(5-7-23)13-9-12(16(17,18)19)20-11(2)21-13/h3,8-9H,4-7H2,1-2H3. The number of aryl methyl sites for hydroxylation is 2. The first-order chi connectivity index (χ1) is 11.8. The molecule has 2 aromatic rings. The molecule has 1 aliphatic heterocycles. The van der Waals surface area contributed by atoms with E-state index in [2.05, 4.69) is 9.97 Å². The predicted octanol–water partition coefficient (Wildman–Crippen LogP) is 3.14. The third-order valence-corrected chi connectivity index (χ3v) is 5.07. The van der Waals surface area contributed by atoms with Crippen molar-refractivity contribution in [3.63, 3.8) is 0 Å². The van der Waals surface area contributed by atoms with Crippen LogP contribution in [0, 0.1) is 13.8 Å². The molecule has 0 saturated carbocycles. The molecule has 0 aromatic carbocycles. The van der Waals surface area contributed by atoms with Crippen molar-refractivity contribution in [3.8, 4) is 0 Å². The number of hydrogen-bond donors (Lipinski definition) is 0. The van der Waals surface area contributed by atoms with Gasteiger partial charge in [0, 0.05) is 32.2 Å². The first-order valence-corrected chi connectivity index (χ1v) is 8.65. The molecule has 3 heterocycles. The van der Waals surface area contributed by atoms with Crippen LogP contribution in [0.15, 0.2) is 17.5 Å². The molecular formula is C16H17F3N4OS. The van der Waals surface area contributed by atoms with Gasteiger partial charge in [-0.05, 0) is 30.9 Å². The van der Waals surface area contributed by atoms with Gasteiger partial charge in [0.15, 0.2) is 0 Å². The van der Waals surface area contributed by atoms with Crippen molar-refractivity contribution in [2.75, 3.05) is 31.1 Å². The molecule has 0 atom stereocenters. The van der Waals surface area contributed by atoms with Crippen LogP contribution in [0.5, 0.6) is 0 Å². The van der Waals surface area contributed by atoms with Crippen molar-refractivity contribution < 1.29 is 18.0 Å². The fraction of sp³-hybridized carbons (Fsp3) is 0.438. The Morgan fingerprint density at radius 1 is 1.16 bits per heavy atom. The Morgan fingerprint density at radius 3 is 2.40 bits per heavy atom. The molecule has 0 N–H and O–H groups in total. The summed E-state index contributed by atoms with van der Waals surface area (Å²) in [4.78, 5) is 24.3. The van der Waals surface area contributed by atoms with Gasteiger partial charge in [-0.3, -0.25) is 4.79 Å². The normalized spacial score (nSPS) is 15.6. The Morgan fingerprint density at radius 2 is 1.84 bits per heavy atom. The summed E-state index contributed by atoms with van der Waals surface area (Å²) in [5, 5.41) is 1.88. The van der Waals surface area contributed by atoms with E-state index in [0.29, 0.717) is 31.1 Å². The molecule has 0 spiro atoms. The lowest BCUT2D eigenvalue weighted by molar-refractivity contribution is -0.141. The fourth-order valence-electron chi connectivity index (χ4n) is 2.73. The number of carbonyl (C=O) groups is 1. The van der Waals surface area contributed by atoms with E-state index >= 15 is 0 Å². The van der Waals surface area contributed by atoms with Gasteiger partial charge >= 0.3 is 6.18 Å². The van der Waals surface area contributed by atoms with E-state index in [1.165, 1.54) is 18.3 Å². The maximum atomic E-state index is 12.9. The minimum atomic E-state index is -4.50. The lowest BCUT2D eigenvalue weighted by atomic mass is 10.2. The number of piperazine rings is 1. The van der Waals surface area contributed by atoms with Gasteiger partial charge in [-0.2, -0.15) is 13.2 Å². The molecule has 0 unspecified atom stereocenters. The first kappa shape index (κ1) is 17.7. The average molecular weight is 370 g/mol. The topological polar surface area (TPSA) is 49.3 Å². The number of rotatable bonds is 2. The molecule has 1 saturated heterocycles. The van der Waals surface area contributed by atoms with E-state index < -0.39 is 11.9 Å². The van der Waals surface area contributed by atoms with Crippen molar-refractivity contribution >= 4 is 23.1 Å². The van der Waals surface area contributed by atoms with E-state index in [1.807, 2.05) is 18.4 Å². The Labute approximate surface area is 147 Å². The smallest absolute Gasteiger partial charge is 0.353 e. The van der Waals surface area contributed by atoms with Crippen LogP contribution >= 0.6 is 11.3 Å². The number of thiophene rings is 1. The number of aromatic nitrogens is 2. The second-order valence-electron chi connectivity index (χ2n) is 5.87. The first-order valence-electron chi connectivity index (χ1n) is 7.77. The molecule has 25 heavy (non-hydrogen) atoms. The lowest BCUT2D eigenvalue weighted by Crippen LogP contribution is -2.49. The van der Waals surface area contributed by atoms with Crippen LogP contribution in [0.4, 0.5) is 19.0 Å². The van der Waals surface area contributed by atoms with Crippen LogP contribution in [-0.4, -0.2) is 47.0 Å². The van der Waals surface area contributed by atoms with Crippen LogP contribution in [0.1, 0.15) is 26.8 Å². The van der Waals surface area contributed by atoms with Crippen LogP contribution in [0.2, 0.25) is 0 Å². The molecule has 1 aliphatic rings. The van der Waals surface area contributed by atoms with Crippen molar-refractivity contribution in [1.29, 1.82) is 0 Å². The summed E-state index contributed by atoms with van der Waals surface area (Å²) < 4.78 is 38.8. The molecule has 9 heteroatoms. The van der Waals surface area contributed by atoms with Crippen LogP contribution in [0.3, 0.4) is 0 Å². The maximum absolute atomic E-state index is 12.9. The van der Waals surface area contributed by atoms with Gasteiger partial charge in [0.1, 0.15) is 17.3 Å². The number of amides is 1. The summed E-state index contributed by atoms with van der Waals surface area (Å²) in [6.45, 7) is 5.09. The van der Waals surface area contributed by atoms with E-state index in [4.69, 9.17) is 0 Å². The molecule has 1 amide bonds. The summed E-state index contributed by atoms with van der Waals surface area (Å²) in [7, 11) is 0. The molecule has 0 bridgehead atoms. The number of nitrogens with zero attached hydrogens (tertiary/aromatic N) is 4. The molecule has 2 aromatic heterocycles. The van der Waals surface area contributed by atoms with Crippen molar-refractivity contribution in [2.45, 2.75) is 20.0 Å². The minimum Gasteiger partial charge on any atom is -0.353 e. The number of halogens is 3. The Hall–Kier alpha value is -2.16. The highest BCUT2D eigenvalue weighted by Crippen LogP contribution is 2.30. The Kier molecular flexibility index (Phi) is 4.68. The van der Waals surface area contributed by atoms with Gasteiger partial charge in [-0.15, -0.1) is 11.3 Å². The molecule has 3 rings (SSSR count). The van der Waals surface area contributed by atoms with Gasteiger partial charge in [-0.25, -0.2) is 9.97 Å². The zero-order chi connectivity index (χ0) is 18.2. The monoisotopic (exact) mass is 370 g/mol. The number of hydrogen-bond acceptors (Lipinski definition) is 5. The van der Waals surface area contributed by atoms with E-state index in [9.17, 15) is 18.0 Å². The van der Waals surface area contributed by atoms with Crippen LogP contribution < -0.4 is 4.90 Å². The highest BCUT2D eigenvalue weighted by atomic mass is 32.1. The third-order valence-electron chi connectivity index (χ3n) is 4.06. The zero-order valence-electron chi connectivity index (χ0n) is 13.8. The van der Waals surface area contributed by atoms with Crippen LogP contribution in [0.25, 0.3) is 0 Å². The van der Waals surface area contributed by atoms with E-state index in [0.717, 1.165) is 11.6 Å². The SMILES string of the molecule is Cc1nc(N2CCN(C(=O)c3sccc3C)CC2)cc(C(F)(F)F)n1. The minimum absolute atomic E-state index is 0.0259. The Balaban J connectivity index is 1.71. The summed E-state index contributed by atoms with van der Waals surface area (Å²) in [5.74, 6) is 0.304. The number of alkyl halides is 3. The second-order valence-corrected chi connectivity index (χ2v) is 6.78. The quantitative estimate of drug-likeness (QED) is 0.815. The molecule has 0 radical (unpaired) electrons. The fourth-order valence-corrected chi connectivity index (χ4v) is 3.63. The Bertz CT molecular complexity index is 782. The van der Waals surface area contributed by atoms with Gasteiger partial charge in [0.25, 0.3) is 5.91 Å². The molecule has 0 aliphatic carbocycles. The highest BCUT2D eigenvalue weighted by Gasteiger charge is 2.34. The molecule has 134 valence electrons. The summed E-state index contributed by atoms with van der Waals surface area (Å²) in [5.41, 5.74) is 0.00129. The molecule has 1 fully saturated rings. The van der Waals surface area contributed by atoms with Gasteiger partial charge in [-0.1, -0.05) is 0 Å². The van der Waals surface area contributed by atoms with Crippen LogP contribution in [-0.2, 0) is 6.18 Å². The zero-order valence-corrected chi connectivity index (χ0v) is 14.6. The number of carbonyl (C=O) groups excluding carboxylic acids is 1. The van der Waals surface area contributed by atoms with E-state index in [1.54, 1.807) is 9.80 Å². The van der Waals surface area contributed by atoms with Gasteiger partial charge in [0.2, 0.25) is 0 Å². The molecule has 5 nitrogen and oxygen atoms in total. The second kappa shape index (κ2) is 6.62. The van der Waals surface area contributed by atoms with E-state index in [-0.39, 0.29) is 17.5 Å². The van der Waals surface area contributed by atoms with Gasteiger partial charge in [0.05, 0.1) is 4.88 Å². The van der Waals surface area contributed by atoms with Crippen molar-refractivity contribution in [1.82, 2.24) is 14.9 Å². The van der Waals surface area contributed by atoms with Gasteiger partial charge < -0.3 is 9.80 Å². The third kappa shape index (κ3) is 3.76. The number of anilines is 1.